The molecule has 1 amide bonds. The molecule has 92 valence electrons. The molecule has 0 heterocycles. The van der Waals surface area contributed by atoms with Gasteiger partial charge in [-0.15, -0.1) is 0 Å². The molecule has 0 atom stereocenters. The van der Waals surface area contributed by atoms with E-state index in [1.54, 1.807) is 12.1 Å². The number of anilines is 2. The Bertz CT molecular complexity index is 585. The van der Waals surface area contributed by atoms with Crippen LogP contribution in [0.2, 0.25) is 10.0 Å². The van der Waals surface area contributed by atoms with Gasteiger partial charge < -0.3 is 11.1 Å². The van der Waals surface area contributed by atoms with Crippen LogP contribution in [0.3, 0.4) is 0 Å². The maximum Gasteiger partial charge on any atom is 0.250 e. The molecule has 0 aliphatic rings. The van der Waals surface area contributed by atoms with Gasteiger partial charge in [0.25, 0.3) is 5.91 Å². The molecule has 3 N–H and O–H groups in total. The minimum atomic E-state index is -0.563. The van der Waals surface area contributed by atoms with Crippen LogP contribution in [0, 0.1) is 0 Å². The van der Waals surface area contributed by atoms with Crippen molar-refractivity contribution in [3.63, 3.8) is 0 Å². The van der Waals surface area contributed by atoms with E-state index in [2.05, 4.69) is 5.32 Å². The van der Waals surface area contributed by atoms with Gasteiger partial charge in [-0.3, -0.25) is 4.79 Å². The highest BCUT2D eigenvalue weighted by atomic mass is 35.5. The number of amides is 1. The summed E-state index contributed by atoms with van der Waals surface area (Å²) in [6.07, 6.45) is 0. The van der Waals surface area contributed by atoms with Crippen LogP contribution in [0.1, 0.15) is 10.4 Å². The van der Waals surface area contributed by atoms with Crippen molar-refractivity contribution in [2.24, 2.45) is 5.73 Å². The van der Waals surface area contributed by atoms with Gasteiger partial charge in [0.2, 0.25) is 0 Å². The monoisotopic (exact) mass is 280 g/mol. The first kappa shape index (κ1) is 12.7. The van der Waals surface area contributed by atoms with Crippen molar-refractivity contribution in [2.45, 2.75) is 0 Å². The van der Waals surface area contributed by atoms with Gasteiger partial charge in [-0.2, -0.15) is 0 Å². The molecule has 0 spiro atoms. The zero-order valence-corrected chi connectivity index (χ0v) is 10.8. The maximum atomic E-state index is 11.4. The minimum absolute atomic E-state index is 0.275. The number of para-hydroxylation sites is 1. The smallest absolute Gasteiger partial charge is 0.250 e. The lowest BCUT2D eigenvalue weighted by Gasteiger charge is -2.13. The summed E-state index contributed by atoms with van der Waals surface area (Å²) in [6.45, 7) is 0. The third-order valence-corrected chi connectivity index (χ3v) is 3.21. The number of primary amides is 1. The molecule has 0 radical (unpaired) electrons. The number of carbonyl (C=O) groups excluding carboxylic acids is 1. The Morgan fingerprint density at radius 1 is 1.06 bits per heavy atom. The SMILES string of the molecule is NC(=O)c1ccc(Cl)c(Cl)c1Nc1ccccc1. The fourth-order valence-corrected chi connectivity index (χ4v) is 1.91. The molecule has 0 aliphatic carbocycles. The molecule has 0 aromatic heterocycles. The van der Waals surface area contributed by atoms with Gasteiger partial charge in [0.15, 0.2) is 0 Å². The van der Waals surface area contributed by atoms with Gasteiger partial charge in [-0.05, 0) is 24.3 Å². The first-order chi connectivity index (χ1) is 8.59. The lowest BCUT2D eigenvalue weighted by molar-refractivity contribution is 0.100. The summed E-state index contributed by atoms with van der Waals surface area (Å²) in [7, 11) is 0. The van der Waals surface area contributed by atoms with E-state index in [-0.39, 0.29) is 5.02 Å². The van der Waals surface area contributed by atoms with Crippen molar-refractivity contribution in [2.75, 3.05) is 5.32 Å². The highest BCUT2D eigenvalue weighted by molar-refractivity contribution is 6.44. The molecule has 5 heteroatoms. The average molecular weight is 281 g/mol. The second-order valence-corrected chi connectivity index (χ2v) is 4.42. The molecule has 2 rings (SSSR count). The van der Waals surface area contributed by atoms with Gasteiger partial charge in [-0.1, -0.05) is 41.4 Å². The standard InChI is InChI=1S/C13H10Cl2N2O/c14-10-7-6-9(13(16)18)12(11(10)15)17-8-4-2-1-3-5-8/h1-7,17H,(H2,16,18). The molecule has 2 aromatic rings. The van der Waals surface area contributed by atoms with Crippen molar-refractivity contribution < 1.29 is 4.79 Å². The van der Waals surface area contributed by atoms with Crippen LogP contribution >= 0.6 is 23.2 Å². The maximum absolute atomic E-state index is 11.4. The van der Waals surface area contributed by atoms with Gasteiger partial charge in [0, 0.05) is 5.69 Å². The molecule has 0 saturated carbocycles. The van der Waals surface area contributed by atoms with Crippen LogP contribution in [0.5, 0.6) is 0 Å². The Labute approximate surface area is 115 Å². The zero-order chi connectivity index (χ0) is 13.1. The number of rotatable bonds is 3. The van der Waals surface area contributed by atoms with E-state index >= 15 is 0 Å². The highest BCUT2D eigenvalue weighted by Crippen LogP contribution is 2.34. The predicted molar refractivity (Wildman–Crippen MR) is 74.7 cm³/mol. The first-order valence-electron chi connectivity index (χ1n) is 5.19. The zero-order valence-electron chi connectivity index (χ0n) is 9.28. The number of halogens is 2. The lowest BCUT2D eigenvalue weighted by Crippen LogP contribution is -2.13. The van der Waals surface area contributed by atoms with Crippen molar-refractivity contribution in [1.29, 1.82) is 0 Å². The molecule has 2 aromatic carbocycles. The van der Waals surface area contributed by atoms with Crippen molar-refractivity contribution >= 4 is 40.5 Å². The average Bonchev–Trinajstić information content (AvgIpc) is 2.36. The quantitative estimate of drug-likeness (QED) is 0.898. The molecule has 3 nitrogen and oxygen atoms in total. The Balaban J connectivity index is 2.48. The molecule has 0 saturated heterocycles. The largest absolute Gasteiger partial charge is 0.366 e. The van der Waals surface area contributed by atoms with Gasteiger partial charge >= 0.3 is 0 Å². The molecular formula is C13H10Cl2N2O. The van der Waals surface area contributed by atoms with E-state index < -0.39 is 5.91 Å². The Kier molecular flexibility index (Phi) is 3.75. The van der Waals surface area contributed by atoms with E-state index in [0.717, 1.165) is 5.69 Å². The van der Waals surface area contributed by atoms with Crippen molar-refractivity contribution in [3.05, 3.63) is 58.1 Å². The van der Waals surface area contributed by atoms with Gasteiger partial charge in [0.1, 0.15) is 0 Å². The second kappa shape index (κ2) is 5.29. The molecule has 18 heavy (non-hydrogen) atoms. The number of hydrogen-bond acceptors (Lipinski definition) is 2. The summed E-state index contributed by atoms with van der Waals surface area (Å²) >= 11 is 12.0. The fourth-order valence-electron chi connectivity index (χ4n) is 1.54. The topological polar surface area (TPSA) is 55.1 Å². The lowest BCUT2D eigenvalue weighted by atomic mass is 10.1. The molecule has 0 bridgehead atoms. The molecule has 0 fully saturated rings. The third-order valence-electron chi connectivity index (χ3n) is 2.40. The Hall–Kier alpha value is -1.71. The molecule has 0 aliphatic heterocycles. The van der Waals surface area contributed by atoms with Crippen LogP contribution in [0.15, 0.2) is 42.5 Å². The van der Waals surface area contributed by atoms with Crippen molar-refractivity contribution in [3.8, 4) is 0 Å². The summed E-state index contributed by atoms with van der Waals surface area (Å²) < 4.78 is 0. The van der Waals surface area contributed by atoms with Gasteiger partial charge in [0.05, 0.1) is 21.3 Å². The van der Waals surface area contributed by atoms with E-state index in [0.29, 0.717) is 16.3 Å². The number of nitrogens with two attached hydrogens (primary N) is 1. The van der Waals surface area contributed by atoms with Gasteiger partial charge in [-0.25, -0.2) is 0 Å². The number of hydrogen-bond donors (Lipinski definition) is 2. The summed E-state index contributed by atoms with van der Waals surface area (Å²) in [6, 6.07) is 12.4. The normalized spacial score (nSPS) is 10.1. The summed E-state index contributed by atoms with van der Waals surface area (Å²) in [4.78, 5) is 11.4. The third kappa shape index (κ3) is 2.58. The van der Waals surface area contributed by atoms with E-state index in [9.17, 15) is 4.79 Å². The summed E-state index contributed by atoms with van der Waals surface area (Å²) in [5.74, 6) is -0.563. The van der Waals surface area contributed by atoms with Crippen LogP contribution in [-0.2, 0) is 0 Å². The minimum Gasteiger partial charge on any atom is -0.366 e. The molecule has 0 unspecified atom stereocenters. The molecular weight excluding hydrogens is 271 g/mol. The second-order valence-electron chi connectivity index (χ2n) is 3.64. The number of nitrogens with one attached hydrogen (secondary N) is 1. The summed E-state index contributed by atoms with van der Waals surface area (Å²) in [5, 5.41) is 3.68. The fraction of sp³-hybridized carbons (Fsp3) is 0. The Morgan fingerprint density at radius 2 is 1.72 bits per heavy atom. The van der Waals surface area contributed by atoms with E-state index in [1.807, 2.05) is 30.3 Å². The number of benzene rings is 2. The highest BCUT2D eigenvalue weighted by Gasteiger charge is 2.14. The number of carbonyl (C=O) groups is 1. The van der Waals surface area contributed by atoms with Crippen LogP contribution in [0.4, 0.5) is 11.4 Å². The Morgan fingerprint density at radius 3 is 2.33 bits per heavy atom. The van der Waals surface area contributed by atoms with Crippen LogP contribution < -0.4 is 11.1 Å². The van der Waals surface area contributed by atoms with E-state index in [4.69, 9.17) is 28.9 Å². The van der Waals surface area contributed by atoms with Crippen LogP contribution in [-0.4, -0.2) is 5.91 Å². The first-order valence-corrected chi connectivity index (χ1v) is 5.95. The van der Waals surface area contributed by atoms with Crippen molar-refractivity contribution in [1.82, 2.24) is 0 Å². The predicted octanol–water partition coefficient (Wildman–Crippen LogP) is 3.84. The summed E-state index contributed by atoms with van der Waals surface area (Å²) in [5.41, 5.74) is 6.82. The van der Waals surface area contributed by atoms with Crippen LogP contribution in [0.25, 0.3) is 0 Å². The van der Waals surface area contributed by atoms with E-state index in [1.165, 1.54) is 0 Å².